The summed E-state index contributed by atoms with van der Waals surface area (Å²) < 4.78 is 0. The van der Waals surface area contributed by atoms with Crippen LogP contribution >= 0.6 is 11.3 Å². The smallest absolute Gasteiger partial charge is 0.185 e. The van der Waals surface area contributed by atoms with Crippen LogP contribution in [0.25, 0.3) is 0 Å². The van der Waals surface area contributed by atoms with Gasteiger partial charge in [0.15, 0.2) is 5.13 Å². The molecule has 2 fully saturated rings. The molecule has 0 aromatic carbocycles. The molecule has 5 heteroatoms. The largest absolute Gasteiger partial charge is 0.346 e. The van der Waals surface area contributed by atoms with Crippen molar-refractivity contribution in [2.75, 3.05) is 37.6 Å². The molecule has 3 rings (SSSR count). The average molecular weight is 294 g/mol. The maximum atomic E-state index is 4.84. The van der Waals surface area contributed by atoms with Gasteiger partial charge in [0.1, 0.15) is 0 Å². The molecule has 1 saturated heterocycles. The highest BCUT2D eigenvalue weighted by Crippen LogP contribution is 2.30. The van der Waals surface area contributed by atoms with Crippen LogP contribution < -0.4 is 10.2 Å². The lowest BCUT2D eigenvalue weighted by Gasteiger charge is -2.34. The van der Waals surface area contributed by atoms with Crippen molar-refractivity contribution in [1.82, 2.24) is 15.2 Å². The molecular formula is C15H26N4S. The number of nitrogens with zero attached hydrogens (tertiary/aromatic N) is 3. The molecule has 1 aromatic heterocycles. The molecule has 112 valence electrons. The number of hydrogen-bond donors (Lipinski definition) is 1. The minimum Gasteiger partial charge on any atom is -0.346 e. The Hall–Kier alpha value is -0.650. The normalized spacial score (nSPS) is 22.2. The molecule has 1 N–H and O–H groups in total. The highest BCUT2D eigenvalue weighted by atomic mass is 32.1. The average Bonchev–Trinajstić information content (AvgIpc) is 3.22. The zero-order chi connectivity index (χ0) is 13.9. The summed E-state index contributed by atoms with van der Waals surface area (Å²) in [6, 6.07) is 1.27. The van der Waals surface area contributed by atoms with Gasteiger partial charge in [0.05, 0.1) is 5.69 Å². The predicted molar refractivity (Wildman–Crippen MR) is 85.6 cm³/mol. The van der Waals surface area contributed by atoms with E-state index in [0.717, 1.165) is 25.7 Å². The third kappa shape index (κ3) is 3.32. The first-order valence-corrected chi connectivity index (χ1v) is 8.83. The lowest BCUT2D eigenvalue weighted by molar-refractivity contribution is 0.248. The first-order valence-electron chi connectivity index (χ1n) is 7.95. The molecule has 1 aliphatic carbocycles. The van der Waals surface area contributed by atoms with Crippen molar-refractivity contribution < 1.29 is 0 Å². The maximum absolute atomic E-state index is 4.84. The number of aromatic nitrogens is 1. The Balaban J connectivity index is 1.54. The fourth-order valence-corrected chi connectivity index (χ4v) is 3.78. The van der Waals surface area contributed by atoms with Gasteiger partial charge >= 0.3 is 0 Å². The van der Waals surface area contributed by atoms with Gasteiger partial charge in [-0.05, 0) is 32.7 Å². The number of rotatable bonds is 6. The molecule has 20 heavy (non-hydrogen) atoms. The van der Waals surface area contributed by atoms with Gasteiger partial charge < -0.3 is 10.2 Å². The highest BCUT2D eigenvalue weighted by molar-refractivity contribution is 7.13. The molecule has 1 saturated carbocycles. The SMILES string of the molecule is CCCNC(C)c1csc(N2CCN(C3CC3)CC2)n1. The Kier molecular flexibility index (Phi) is 4.58. The zero-order valence-corrected chi connectivity index (χ0v) is 13.5. The molecule has 4 nitrogen and oxygen atoms in total. The van der Waals surface area contributed by atoms with E-state index < -0.39 is 0 Å². The van der Waals surface area contributed by atoms with Crippen LogP contribution in [0.15, 0.2) is 5.38 Å². The van der Waals surface area contributed by atoms with Crippen molar-refractivity contribution in [3.63, 3.8) is 0 Å². The third-order valence-corrected chi connectivity index (χ3v) is 5.22. The summed E-state index contributed by atoms with van der Waals surface area (Å²) in [5, 5.41) is 6.94. The van der Waals surface area contributed by atoms with Crippen molar-refractivity contribution in [3.8, 4) is 0 Å². The van der Waals surface area contributed by atoms with Crippen LogP contribution in [0, 0.1) is 0 Å². The van der Waals surface area contributed by atoms with Gasteiger partial charge in [0.2, 0.25) is 0 Å². The van der Waals surface area contributed by atoms with Gasteiger partial charge in [-0.3, -0.25) is 4.90 Å². The van der Waals surface area contributed by atoms with Gasteiger partial charge in [-0.1, -0.05) is 6.92 Å². The number of anilines is 1. The van der Waals surface area contributed by atoms with Crippen molar-refractivity contribution in [1.29, 1.82) is 0 Å². The van der Waals surface area contributed by atoms with E-state index in [9.17, 15) is 0 Å². The fourth-order valence-electron chi connectivity index (χ4n) is 2.80. The molecule has 2 heterocycles. The summed E-state index contributed by atoms with van der Waals surface area (Å²) in [6.07, 6.45) is 4.01. The quantitative estimate of drug-likeness (QED) is 0.873. The Morgan fingerprint density at radius 3 is 2.75 bits per heavy atom. The summed E-state index contributed by atoms with van der Waals surface area (Å²) in [7, 11) is 0. The minimum atomic E-state index is 0.368. The molecule has 0 bridgehead atoms. The van der Waals surface area contributed by atoms with Crippen LogP contribution in [0.2, 0.25) is 0 Å². The Morgan fingerprint density at radius 1 is 1.35 bits per heavy atom. The lowest BCUT2D eigenvalue weighted by atomic mass is 10.2. The Labute approximate surface area is 126 Å². The highest BCUT2D eigenvalue weighted by Gasteiger charge is 2.31. The van der Waals surface area contributed by atoms with E-state index in [1.165, 1.54) is 43.2 Å². The standard InChI is InChI=1S/C15H26N4S/c1-3-6-16-12(2)14-11-20-15(17-14)19-9-7-18(8-10-19)13-4-5-13/h11-13,16H,3-10H2,1-2H3. The molecule has 0 radical (unpaired) electrons. The van der Waals surface area contributed by atoms with Crippen LogP contribution in [-0.4, -0.2) is 48.6 Å². The Bertz CT molecular complexity index is 421. The van der Waals surface area contributed by atoms with Gasteiger partial charge in [-0.25, -0.2) is 4.98 Å². The van der Waals surface area contributed by atoms with Gasteiger partial charge in [0, 0.05) is 43.6 Å². The van der Waals surface area contributed by atoms with Crippen LogP contribution in [0.1, 0.15) is 44.8 Å². The van der Waals surface area contributed by atoms with Crippen molar-refractivity contribution in [2.24, 2.45) is 0 Å². The topological polar surface area (TPSA) is 31.4 Å². The second-order valence-corrected chi connectivity index (χ2v) is 6.82. The molecule has 1 atom stereocenters. The van der Waals surface area contributed by atoms with Gasteiger partial charge in [-0.2, -0.15) is 0 Å². The molecular weight excluding hydrogens is 268 g/mol. The lowest BCUT2D eigenvalue weighted by Crippen LogP contribution is -2.47. The first kappa shape index (κ1) is 14.3. The first-order chi connectivity index (χ1) is 9.78. The molecule has 1 unspecified atom stereocenters. The van der Waals surface area contributed by atoms with Gasteiger partial charge in [0.25, 0.3) is 0 Å². The third-order valence-electron chi connectivity index (χ3n) is 4.30. The van der Waals surface area contributed by atoms with E-state index in [0.29, 0.717) is 6.04 Å². The Morgan fingerprint density at radius 2 is 2.10 bits per heavy atom. The van der Waals surface area contributed by atoms with Crippen molar-refractivity contribution in [3.05, 3.63) is 11.1 Å². The molecule has 2 aliphatic rings. The summed E-state index contributed by atoms with van der Waals surface area (Å²) >= 11 is 1.80. The second kappa shape index (κ2) is 6.41. The minimum absolute atomic E-state index is 0.368. The van der Waals surface area contributed by atoms with E-state index in [-0.39, 0.29) is 0 Å². The van der Waals surface area contributed by atoms with Crippen LogP contribution in [0.5, 0.6) is 0 Å². The number of piperazine rings is 1. The predicted octanol–water partition coefficient (Wildman–Crippen LogP) is 2.49. The van der Waals surface area contributed by atoms with Crippen LogP contribution in [-0.2, 0) is 0 Å². The van der Waals surface area contributed by atoms with Crippen molar-refractivity contribution in [2.45, 2.75) is 45.2 Å². The number of thiazole rings is 1. The molecule has 0 spiro atoms. The monoisotopic (exact) mass is 294 g/mol. The zero-order valence-electron chi connectivity index (χ0n) is 12.6. The van der Waals surface area contributed by atoms with Crippen LogP contribution in [0.3, 0.4) is 0 Å². The summed E-state index contributed by atoms with van der Waals surface area (Å²) in [6.45, 7) is 10.2. The van der Waals surface area contributed by atoms with Crippen molar-refractivity contribution >= 4 is 16.5 Å². The second-order valence-electron chi connectivity index (χ2n) is 5.98. The van der Waals surface area contributed by atoms with Crippen LogP contribution in [0.4, 0.5) is 5.13 Å². The molecule has 1 aromatic rings. The number of hydrogen-bond acceptors (Lipinski definition) is 5. The summed E-state index contributed by atoms with van der Waals surface area (Å²) in [5.74, 6) is 0. The molecule has 0 amide bonds. The molecule has 1 aliphatic heterocycles. The fraction of sp³-hybridized carbons (Fsp3) is 0.800. The van der Waals surface area contributed by atoms with E-state index in [1.807, 2.05) is 0 Å². The van der Waals surface area contributed by atoms with Gasteiger partial charge in [-0.15, -0.1) is 11.3 Å². The van der Waals surface area contributed by atoms with E-state index in [4.69, 9.17) is 4.98 Å². The van der Waals surface area contributed by atoms with E-state index in [1.54, 1.807) is 11.3 Å². The van der Waals surface area contributed by atoms with E-state index >= 15 is 0 Å². The maximum Gasteiger partial charge on any atom is 0.185 e. The number of nitrogens with one attached hydrogen (secondary N) is 1. The van der Waals surface area contributed by atoms with E-state index in [2.05, 4.69) is 34.3 Å². The summed E-state index contributed by atoms with van der Waals surface area (Å²) in [5.41, 5.74) is 1.20. The summed E-state index contributed by atoms with van der Waals surface area (Å²) in [4.78, 5) is 9.94.